The lowest BCUT2D eigenvalue weighted by atomic mass is 9.75. The summed E-state index contributed by atoms with van der Waals surface area (Å²) in [5.74, 6) is 2.21. The molecule has 2 aromatic rings. The van der Waals surface area contributed by atoms with Crippen LogP contribution < -0.4 is 0 Å². The molecule has 1 saturated carbocycles. The molecule has 0 bridgehead atoms. The Morgan fingerprint density at radius 2 is 2.07 bits per heavy atom. The maximum absolute atomic E-state index is 12.8. The van der Waals surface area contributed by atoms with Gasteiger partial charge in [-0.2, -0.15) is 10.1 Å². The molecular weight excluding hydrogens is 370 g/mol. The Kier molecular flexibility index (Phi) is 5.72. The number of aromatic nitrogens is 4. The minimum Gasteiger partial charge on any atom is -0.385 e. The molecule has 0 atom stereocenters. The van der Waals surface area contributed by atoms with Crippen LogP contribution in [0.25, 0.3) is 0 Å². The predicted octanol–water partition coefficient (Wildman–Crippen LogP) is 2.75. The van der Waals surface area contributed by atoms with E-state index in [2.05, 4.69) is 10.3 Å². The molecule has 0 spiro atoms. The predicted molar refractivity (Wildman–Crippen MR) is 107 cm³/mol. The maximum atomic E-state index is 12.8. The van der Waals surface area contributed by atoms with Crippen molar-refractivity contribution in [2.45, 2.75) is 70.3 Å². The average Bonchev–Trinajstić information content (AvgIpc) is 3.35. The molecule has 0 N–H and O–H groups in total. The summed E-state index contributed by atoms with van der Waals surface area (Å²) in [6.45, 7) is 6.71. The number of methoxy groups -OCH3 is 1. The number of hydrogen-bond acceptors (Lipinski definition) is 6. The smallest absolute Gasteiger partial charge is 0.229 e. The topological polar surface area (TPSA) is 86.3 Å². The van der Waals surface area contributed by atoms with Gasteiger partial charge >= 0.3 is 0 Å². The molecule has 3 heterocycles. The number of amides is 1. The minimum atomic E-state index is -0.168. The number of hydrogen-bond donors (Lipinski definition) is 0. The SMILES string of the molecule is COCCC1(c2noc(C3CC3)n2)CCN(C(=O)CCn2nc(C)cc2C)CC1. The summed E-state index contributed by atoms with van der Waals surface area (Å²) in [5, 5.41) is 8.78. The van der Waals surface area contributed by atoms with Gasteiger partial charge in [0.05, 0.1) is 5.69 Å². The van der Waals surface area contributed by atoms with E-state index in [0.29, 0.717) is 38.6 Å². The molecule has 1 amide bonds. The highest BCUT2D eigenvalue weighted by atomic mass is 16.5. The van der Waals surface area contributed by atoms with Crippen LogP contribution >= 0.6 is 0 Å². The van der Waals surface area contributed by atoms with Crippen molar-refractivity contribution < 1.29 is 14.1 Å². The number of carbonyl (C=O) groups is 1. The Bertz CT molecular complexity index is 846. The summed E-state index contributed by atoms with van der Waals surface area (Å²) in [6.07, 6.45) is 5.29. The molecule has 8 nitrogen and oxygen atoms in total. The average molecular weight is 402 g/mol. The van der Waals surface area contributed by atoms with Crippen molar-refractivity contribution in [2.75, 3.05) is 26.8 Å². The van der Waals surface area contributed by atoms with Gasteiger partial charge in [0.2, 0.25) is 11.8 Å². The van der Waals surface area contributed by atoms with E-state index in [1.165, 1.54) is 0 Å². The van der Waals surface area contributed by atoms with Crippen LogP contribution in [0.5, 0.6) is 0 Å². The van der Waals surface area contributed by atoms with Gasteiger partial charge in [-0.3, -0.25) is 9.48 Å². The number of nitrogens with zero attached hydrogens (tertiary/aromatic N) is 5. The highest BCUT2D eigenvalue weighted by Gasteiger charge is 2.42. The van der Waals surface area contributed by atoms with Crippen LogP contribution in [0.3, 0.4) is 0 Å². The second-order valence-corrected chi connectivity index (χ2v) is 8.53. The molecule has 1 saturated heterocycles. The fourth-order valence-electron chi connectivity index (χ4n) is 4.27. The van der Waals surface area contributed by atoms with Crippen LogP contribution in [0.2, 0.25) is 0 Å². The maximum Gasteiger partial charge on any atom is 0.229 e. The van der Waals surface area contributed by atoms with Gasteiger partial charge in [0.1, 0.15) is 0 Å². The van der Waals surface area contributed by atoms with Crippen molar-refractivity contribution in [3.8, 4) is 0 Å². The summed E-state index contributed by atoms with van der Waals surface area (Å²) in [5.41, 5.74) is 1.91. The van der Waals surface area contributed by atoms with Gasteiger partial charge in [0.15, 0.2) is 5.82 Å². The lowest BCUT2D eigenvalue weighted by molar-refractivity contribution is -0.133. The zero-order chi connectivity index (χ0) is 20.4. The fraction of sp³-hybridized carbons (Fsp3) is 0.714. The van der Waals surface area contributed by atoms with Crippen molar-refractivity contribution >= 4 is 5.91 Å². The molecule has 1 aliphatic carbocycles. The first-order chi connectivity index (χ1) is 14.0. The number of piperidine rings is 1. The monoisotopic (exact) mass is 401 g/mol. The van der Waals surface area contributed by atoms with Crippen molar-refractivity contribution in [3.05, 3.63) is 29.2 Å². The second-order valence-electron chi connectivity index (χ2n) is 8.53. The Balaban J connectivity index is 1.37. The van der Waals surface area contributed by atoms with Crippen molar-refractivity contribution in [1.29, 1.82) is 0 Å². The first-order valence-corrected chi connectivity index (χ1v) is 10.6. The summed E-state index contributed by atoms with van der Waals surface area (Å²) in [4.78, 5) is 19.5. The van der Waals surface area contributed by atoms with E-state index in [1.807, 2.05) is 29.5 Å². The Labute approximate surface area is 171 Å². The van der Waals surface area contributed by atoms with Gasteiger partial charge in [0.25, 0.3) is 0 Å². The standard InChI is InChI=1S/C21H31N5O3/c1-15-14-16(2)26(23-15)10-6-18(27)25-11-7-21(8-12-25,9-13-28-3)20-22-19(29-24-20)17-4-5-17/h14,17H,4-13H2,1-3H3. The summed E-state index contributed by atoms with van der Waals surface area (Å²) in [6, 6.07) is 2.04. The van der Waals surface area contributed by atoms with Crippen LogP contribution in [0.4, 0.5) is 0 Å². The Morgan fingerprint density at radius 3 is 2.69 bits per heavy atom. The van der Waals surface area contributed by atoms with Crippen LogP contribution in [-0.4, -0.2) is 57.5 Å². The van der Waals surface area contributed by atoms with Gasteiger partial charge in [-0.1, -0.05) is 5.16 Å². The molecule has 0 radical (unpaired) electrons. The quantitative estimate of drug-likeness (QED) is 0.676. The molecule has 158 valence electrons. The van der Waals surface area contributed by atoms with Crippen LogP contribution in [0.1, 0.15) is 67.5 Å². The number of carbonyl (C=O) groups excluding carboxylic acids is 1. The molecule has 29 heavy (non-hydrogen) atoms. The molecule has 1 aliphatic heterocycles. The number of rotatable bonds is 8. The van der Waals surface area contributed by atoms with E-state index in [4.69, 9.17) is 14.2 Å². The summed E-state index contributed by atoms with van der Waals surface area (Å²) in [7, 11) is 1.72. The van der Waals surface area contributed by atoms with Crippen LogP contribution in [0.15, 0.2) is 10.6 Å². The molecule has 4 rings (SSSR count). The Hall–Kier alpha value is -2.22. The number of likely N-dealkylation sites (tertiary alicyclic amines) is 1. The lowest BCUT2D eigenvalue weighted by Crippen LogP contribution is -2.46. The van der Waals surface area contributed by atoms with Gasteiger partial charge in [-0.15, -0.1) is 0 Å². The van der Waals surface area contributed by atoms with E-state index in [1.54, 1.807) is 7.11 Å². The third kappa shape index (κ3) is 4.37. The van der Waals surface area contributed by atoms with Gasteiger partial charge < -0.3 is 14.2 Å². The molecule has 0 unspecified atom stereocenters. The largest absolute Gasteiger partial charge is 0.385 e. The van der Waals surface area contributed by atoms with E-state index >= 15 is 0 Å². The van der Waals surface area contributed by atoms with Crippen molar-refractivity contribution in [1.82, 2.24) is 24.8 Å². The first kappa shape index (κ1) is 20.1. The molecule has 2 fully saturated rings. The van der Waals surface area contributed by atoms with Gasteiger partial charge in [0, 0.05) is 56.8 Å². The van der Waals surface area contributed by atoms with E-state index in [-0.39, 0.29) is 11.3 Å². The third-order valence-electron chi connectivity index (χ3n) is 6.34. The molecular formula is C21H31N5O3. The molecule has 2 aliphatic rings. The van der Waals surface area contributed by atoms with Gasteiger partial charge in [-0.05, 0) is 52.0 Å². The number of aryl methyl sites for hydroxylation is 3. The lowest BCUT2D eigenvalue weighted by Gasteiger charge is -2.39. The zero-order valence-electron chi connectivity index (χ0n) is 17.7. The Morgan fingerprint density at radius 1 is 1.31 bits per heavy atom. The van der Waals surface area contributed by atoms with Crippen molar-refractivity contribution in [2.24, 2.45) is 0 Å². The minimum absolute atomic E-state index is 0.168. The van der Waals surface area contributed by atoms with Crippen LogP contribution in [0, 0.1) is 13.8 Å². The normalized spacial score (nSPS) is 18.9. The first-order valence-electron chi connectivity index (χ1n) is 10.6. The fourth-order valence-corrected chi connectivity index (χ4v) is 4.27. The molecule has 8 heteroatoms. The van der Waals surface area contributed by atoms with E-state index < -0.39 is 0 Å². The molecule has 2 aromatic heterocycles. The number of ether oxygens (including phenoxy) is 1. The van der Waals surface area contributed by atoms with Crippen molar-refractivity contribution in [3.63, 3.8) is 0 Å². The van der Waals surface area contributed by atoms with E-state index in [0.717, 1.165) is 55.2 Å². The molecule has 0 aromatic carbocycles. The summed E-state index contributed by atoms with van der Waals surface area (Å²) < 4.78 is 12.8. The van der Waals surface area contributed by atoms with Gasteiger partial charge in [-0.25, -0.2) is 0 Å². The summed E-state index contributed by atoms with van der Waals surface area (Å²) >= 11 is 0. The zero-order valence-corrected chi connectivity index (χ0v) is 17.7. The highest BCUT2D eigenvalue weighted by molar-refractivity contribution is 5.76. The second kappa shape index (κ2) is 8.26. The highest BCUT2D eigenvalue weighted by Crippen LogP contribution is 2.42. The third-order valence-corrected chi connectivity index (χ3v) is 6.34. The van der Waals surface area contributed by atoms with Crippen LogP contribution in [-0.2, 0) is 21.5 Å². The van der Waals surface area contributed by atoms with E-state index in [9.17, 15) is 4.79 Å².